The second-order valence-corrected chi connectivity index (χ2v) is 8.75. The van der Waals surface area contributed by atoms with Crippen LogP contribution in [0.1, 0.15) is 44.2 Å². The molecule has 166 valence electrons. The van der Waals surface area contributed by atoms with Crippen LogP contribution in [0, 0.1) is 0 Å². The lowest BCUT2D eigenvalue weighted by Crippen LogP contribution is -2.44. The molecule has 3 heterocycles. The number of benzene rings is 1. The summed E-state index contributed by atoms with van der Waals surface area (Å²) < 4.78 is 0. The quantitative estimate of drug-likeness (QED) is 0.531. The third kappa shape index (κ3) is 5.97. The molecular formula is C25H36N6. The monoisotopic (exact) mass is 420 g/mol. The number of likely N-dealkylation sites (tertiary alicyclic amines) is 1. The van der Waals surface area contributed by atoms with E-state index in [-0.39, 0.29) is 0 Å². The zero-order chi connectivity index (χ0) is 21.5. The van der Waals surface area contributed by atoms with E-state index in [9.17, 15) is 0 Å². The lowest BCUT2D eigenvalue weighted by Gasteiger charge is -2.21. The molecule has 0 amide bonds. The van der Waals surface area contributed by atoms with Crippen LogP contribution in [0.4, 0.5) is 5.82 Å². The number of pyridine rings is 1. The van der Waals surface area contributed by atoms with Crippen LogP contribution in [0.2, 0.25) is 0 Å². The van der Waals surface area contributed by atoms with Crippen molar-refractivity contribution in [3.05, 3.63) is 59.8 Å². The van der Waals surface area contributed by atoms with E-state index >= 15 is 0 Å². The highest BCUT2D eigenvalue weighted by atomic mass is 15.3. The van der Waals surface area contributed by atoms with Gasteiger partial charge in [-0.25, -0.2) is 9.98 Å². The normalized spacial score (nSPS) is 22.1. The number of hydrogen-bond acceptors (Lipinski definition) is 4. The fourth-order valence-corrected chi connectivity index (χ4v) is 4.57. The van der Waals surface area contributed by atoms with Gasteiger partial charge in [0.05, 0.1) is 6.54 Å². The minimum absolute atomic E-state index is 0.409. The number of hydrogen-bond donors (Lipinski definition) is 2. The van der Waals surface area contributed by atoms with Gasteiger partial charge in [-0.1, -0.05) is 36.4 Å². The summed E-state index contributed by atoms with van der Waals surface area (Å²) in [6, 6.07) is 16.0. The first-order valence-electron chi connectivity index (χ1n) is 11.7. The van der Waals surface area contributed by atoms with Crippen LogP contribution >= 0.6 is 0 Å². The van der Waals surface area contributed by atoms with Crippen molar-refractivity contribution >= 4 is 11.8 Å². The Labute approximate surface area is 186 Å². The number of anilines is 1. The third-order valence-electron chi connectivity index (χ3n) is 6.28. The molecule has 6 heteroatoms. The Hall–Kier alpha value is -2.60. The Morgan fingerprint density at radius 3 is 2.61 bits per heavy atom. The van der Waals surface area contributed by atoms with E-state index in [1.165, 1.54) is 18.4 Å². The maximum atomic E-state index is 4.83. The number of nitrogens with one attached hydrogen (secondary N) is 2. The van der Waals surface area contributed by atoms with E-state index in [1.54, 1.807) is 0 Å². The van der Waals surface area contributed by atoms with E-state index < -0.39 is 0 Å². The molecule has 31 heavy (non-hydrogen) atoms. The topological polar surface area (TPSA) is 55.8 Å². The van der Waals surface area contributed by atoms with Gasteiger partial charge < -0.3 is 15.5 Å². The van der Waals surface area contributed by atoms with Gasteiger partial charge in [0.2, 0.25) is 0 Å². The summed E-state index contributed by atoms with van der Waals surface area (Å²) in [7, 11) is 0. The Bertz CT molecular complexity index is 829. The van der Waals surface area contributed by atoms with Gasteiger partial charge in [-0.2, -0.15) is 0 Å². The molecule has 0 spiro atoms. The van der Waals surface area contributed by atoms with Crippen molar-refractivity contribution in [2.24, 2.45) is 4.99 Å². The maximum absolute atomic E-state index is 4.83. The van der Waals surface area contributed by atoms with Crippen LogP contribution < -0.4 is 15.5 Å². The molecule has 0 aliphatic carbocycles. The summed E-state index contributed by atoms with van der Waals surface area (Å²) in [6.45, 7) is 10.2. The molecule has 0 bridgehead atoms. The Morgan fingerprint density at radius 2 is 1.90 bits per heavy atom. The smallest absolute Gasteiger partial charge is 0.191 e. The van der Waals surface area contributed by atoms with Gasteiger partial charge >= 0.3 is 0 Å². The molecule has 6 nitrogen and oxygen atoms in total. The molecule has 0 saturated carbocycles. The number of aromatic nitrogens is 1. The van der Waals surface area contributed by atoms with Crippen molar-refractivity contribution in [2.75, 3.05) is 31.1 Å². The summed E-state index contributed by atoms with van der Waals surface area (Å²) in [5.41, 5.74) is 2.52. The zero-order valence-corrected chi connectivity index (χ0v) is 18.9. The lowest BCUT2D eigenvalue weighted by molar-refractivity contribution is 0.258. The van der Waals surface area contributed by atoms with Crippen LogP contribution in [0.15, 0.2) is 53.7 Å². The van der Waals surface area contributed by atoms with Gasteiger partial charge in [-0.3, -0.25) is 4.90 Å². The largest absolute Gasteiger partial charge is 0.357 e. The molecule has 1 aromatic heterocycles. The van der Waals surface area contributed by atoms with Gasteiger partial charge in [0.15, 0.2) is 5.96 Å². The maximum Gasteiger partial charge on any atom is 0.191 e. The lowest BCUT2D eigenvalue weighted by atomic mass is 10.2. The first-order chi connectivity index (χ1) is 15.2. The summed E-state index contributed by atoms with van der Waals surface area (Å²) >= 11 is 0. The number of guanidine groups is 1. The highest BCUT2D eigenvalue weighted by Gasteiger charge is 2.29. The Balaban J connectivity index is 1.32. The van der Waals surface area contributed by atoms with Crippen LogP contribution in [-0.4, -0.2) is 54.1 Å². The van der Waals surface area contributed by atoms with E-state index in [4.69, 9.17) is 4.99 Å². The van der Waals surface area contributed by atoms with Gasteiger partial charge in [-0.05, 0) is 50.3 Å². The molecule has 2 atom stereocenters. The molecule has 2 aliphatic rings. The second kappa shape index (κ2) is 10.6. The molecule has 2 aliphatic heterocycles. The van der Waals surface area contributed by atoms with Crippen molar-refractivity contribution in [3.8, 4) is 0 Å². The summed E-state index contributed by atoms with van der Waals surface area (Å²) in [5.74, 6) is 1.98. The Morgan fingerprint density at radius 1 is 1.10 bits per heavy atom. The van der Waals surface area contributed by atoms with E-state index in [0.717, 1.165) is 56.5 Å². The first kappa shape index (κ1) is 21.6. The van der Waals surface area contributed by atoms with E-state index in [0.29, 0.717) is 18.6 Å². The molecule has 2 saturated heterocycles. The predicted molar refractivity (Wildman–Crippen MR) is 128 cm³/mol. The average molecular weight is 421 g/mol. The SMILES string of the molecule is CCNC(=NCc1ccc(N2CCCC2)nc1)NC1CC(C)N(Cc2ccccc2)C1. The van der Waals surface area contributed by atoms with Gasteiger partial charge in [-0.15, -0.1) is 0 Å². The fourth-order valence-electron chi connectivity index (χ4n) is 4.57. The van der Waals surface area contributed by atoms with E-state index in [2.05, 4.69) is 81.7 Å². The number of aliphatic imine (C=N–C) groups is 1. The number of nitrogens with zero attached hydrogens (tertiary/aromatic N) is 4. The van der Waals surface area contributed by atoms with Crippen LogP contribution in [0.3, 0.4) is 0 Å². The second-order valence-electron chi connectivity index (χ2n) is 8.75. The summed E-state index contributed by atoms with van der Waals surface area (Å²) in [6.07, 6.45) is 5.64. The molecule has 0 radical (unpaired) electrons. The molecule has 4 rings (SSSR count). The van der Waals surface area contributed by atoms with Crippen LogP contribution in [0.5, 0.6) is 0 Å². The van der Waals surface area contributed by atoms with Gasteiger partial charge in [0.1, 0.15) is 5.82 Å². The predicted octanol–water partition coefficient (Wildman–Crippen LogP) is 3.40. The average Bonchev–Trinajstić information content (AvgIpc) is 3.44. The van der Waals surface area contributed by atoms with Gasteiger partial charge in [0.25, 0.3) is 0 Å². The van der Waals surface area contributed by atoms with Crippen molar-refractivity contribution in [2.45, 2.75) is 58.3 Å². The fraction of sp³-hybridized carbons (Fsp3) is 0.520. The van der Waals surface area contributed by atoms with E-state index in [1.807, 2.05) is 6.20 Å². The van der Waals surface area contributed by atoms with Crippen molar-refractivity contribution in [1.29, 1.82) is 0 Å². The molecule has 2 fully saturated rings. The molecule has 2 aromatic rings. The minimum Gasteiger partial charge on any atom is -0.357 e. The molecule has 2 N–H and O–H groups in total. The standard InChI is InChI=1S/C25H36N6/c1-3-26-25(28-17-22-11-12-24(27-16-22)30-13-7-8-14-30)29-23-15-20(2)31(19-23)18-21-9-5-4-6-10-21/h4-6,9-12,16,20,23H,3,7-8,13-15,17-19H2,1-2H3,(H2,26,28,29). The Kier molecular flexibility index (Phi) is 7.41. The van der Waals surface area contributed by atoms with Gasteiger partial charge in [0, 0.05) is 51.0 Å². The molecular weight excluding hydrogens is 384 g/mol. The van der Waals surface area contributed by atoms with Crippen molar-refractivity contribution in [1.82, 2.24) is 20.5 Å². The molecule has 2 unspecified atom stereocenters. The van der Waals surface area contributed by atoms with Crippen molar-refractivity contribution < 1.29 is 0 Å². The van der Waals surface area contributed by atoms with Crippen LogP contribution in [-0.2, 0) is 13.1 Å². The molecule has 1 aromatic carbocycles. The minimum atomic E-state index is 0.409. The first-order valence-corrected chi connectivity index (χ1v) is 11.7. The highest BCUT2D eigenvalue weighted by molar-refractivity contribution is 5.80. The summed E-state index contributed by atoms with van der Waals surface area (Å²) in [4.78, 5) is 14.4. The third-order valence-corrected chi connectivity index (χ3v) is 6.28. The zero-order valence-electron chi connectivity index (χ0n) is 18.9. The number of rotatable bonds is 7. The van der Waals surface area contributed by atoms with Crippen LogP contribution in [0.25, 0.3) is 0 Å². The summed E-state index contributed by atoms with van der Waals surface area (Å²) in [5, 5.41) is 7.07. The van der Waals surface area contributed by atoms with Crippen molar-refractivity contribution in [3.63, 3.8) is 0 Å². The highest BCUT2D eigenvalue weighted by Crippen LogP contribution is 2.20.